The lowest BCUT2D eigenvalue weighted by atomic mass is 9.78. The molecule has 1 saturated heterocycles. The molecule has 29 nitrogen and oxygen atoms in total. The summed E-state index contributed by atoms with van der Waals surface area (Å²) in [5.41, 5.74) is 4.69. The number of aromatic hydroxyl groups is 2. The van der Waals surface area contributed by atoms with E-state index in [4.69, 9.17) is 39.4 Å². The minimum atomic E-state index is -1.34. The normalized spacial score (nSPS) is 23.3. The fraction of sp³-hybridized carbons (Fsp3) is 0.528. The molecule has 11 N–H and O–H groups in total. The molecule has 8 rings (SSSR count). The summed E-state index contributed by atoms with van der Waals surface area (Å²) in [7, 11) is 1.45. The van der Waals surface area contributed by atoms with Crippen LogP contribution in [-0.4, -0.2) is 172 Å². The number of aliphatic hydroxyl groups is 2. The molecule has 1 spiro atoms. The average molecular weight is 1410 g/mol. The number of unbranched alkanes of at least 4 members (excludes halogenated alkanes) is 2. The van der Waals surface area contributed by atoms with E-state index in [1.165, 1.54) is 57.3 Å². The number of likely N-dealkylation sites (tertiary alicyclic amines) is 1. The van der Waals surface area contributed by atoms with Crippen LogP contribution in [0.2, 0.25) is 0 Å². The quantitative estimate of drug-likeness (QED) is 0.0193. The fourth-order valence-corrected chi connectivity index (χ4v) is 12.8. The number of nitrogens with two attached hydrogens (primary N) is 1. The topological polar surface area (TPSA) is 415 Å². The van der Waals surface area contributed by atoms with Crippen molar-refractivity contribution < 1.29 is 92.1 Å². The van der Waals surface area contributed by atoms with Crippen LogP contribution in [0.3, 0.4) is 0 Å². The largest absolute Gasteiger partial charge is 0.507 e. The molecule has 0 saturated carbocycles. The second-order valence-corrected chi connectivity index (χ2v) is 26.5. The Kier molecular flexibility index (Phi) is 27.7. The number of imide groups is 1. The molecule has 548 valence electrons. The summed E-state index contributed by atoms with van der Waals surface area (Å²) in [5, 5.41) is 61.1. The highest BCUT2D eigenvalue weighted by molar-refractivity contribution is 6.16. The number of phenolic OH excluding ortho intramolecular Hbond substituents is 2. The number of hydrogen-bond acceptors (Lipinski definition) is 21. The molecule has 4 bridgehead atoms. The van der Waals surface area contributed by atoms with Gasteiger partial charge in [0.05, 0.1) is 40.9 Å². The Morgan fingerprint density at radius 2 is 1.50 bits per heavy atom. The Bertz CT molecular complexity index is 3840. The number of esters is 1. The SMILES string of the molecule is CCC(=O)c1c2c(C)c(O)c3c(O)c(c4c(c13)=NC1(CCN(C(=O)OCc3ccc(NC(=O)[C@H](CCCNC(N)=O)NC(=O)[C@@H](NC(=O)CCCCCN5C(=O)C=CC5=O)C(C)C)cc3)CC1)N=4)NC(=O)/C(C)=C\C=C\[C@H](C)[C@H](O)[C@@H](C)[C@@H](O)[C@@H](C)[C@H](OC(C)=O)[C@H](C)[C@@H](OC)/C=C/OCO2. The highest BCUT2D eigenvalue weighted by atomic mass is 16.7. The summed E-state index contributed by atoms with van der Waals surface area (Å²) in [6, 6.07) is 3.51. The second kappa shape index (κ2) is 35.5. The van der Waals surface area contributed by atoms with E-state index in [9.17, 15) is 68.4 Å². The Labute approximate surface area is 586 Å². The minimum Gasteiger partial charge on any atom is -0.507 e. The molecular weight excluding hydrogens is 1310 g/mol. The number of rotatable bonds is 22. The number of nitrogens with zero attached hydrogens (tertiary/aromatic N) is 4. The number of phenols is 2. The van der Waals surface area contributed by atoms with Crippen molar-refractivity contribution in [1.82, 2.24) is 25.8 Å². The van der Waals surface area contributed by atoms with E-state index < -0.39 is 132 Å². The first-order valence-corrected chi connectivity index (χ1v) is 34.1. The molecule has 10 atom stereocenters. The van der Waals surface area contributed by atoms with Crippen molar-refractivity contribution in [2.75, 3.05) is 50.7 Å². The molecule has 5 aliphatic heterocycles. The third-order valence-electron chi connectivity index (χ3n) is 18.8. The van der Waals surface area contributed by atoms with Gasteiger partial charge in [-0.25, -0.2) is 9.59 Å². The lowest BCUT2D eigenvalue weighted by Gasteiger charge is -2.38. The van der Waals surface area contributed by atoms with E-state index in [0.29, 0.717) is 30.5 Å². The van der Waals surface area contributed by atoms with Crippen LogP contribution in [0.25, 0.3) is 10.8 Å². The number of allylic oxidation sites excluding steroid dienone is 2. The maximum absolute atomic E-state index is 14.4. The number of methoxy groups -OCH3 is 1. The van der Waals surface area contributed by atoms with Crippen molar-refractivity contribution in [1.29, 1.82) is 0 Å². The van der Waals surface area contributed by atoms with Crippen LogP contribution >= 0.6 is 0 Å². The zero-order valence-electron chi connectivity index (χ0n) is 59.1. The molecule has 0 aliphatic carbocycles. The van der Waals surface area contributed by atoms with Crippen molar-refractivity contribution in [2.45, 2.75) is 176 Å². The summed E-state index contributed by atoms with van der Waals surface area (Å²) in [6.45, 7) is 16.0. The standard InChI is InChI=1S/C72H96N10O19/c1-12-49(84)54-55-56-63(90)44(9)66(54)100-37-98-35-28-50(97-11)41(6)65(101-45(10)83)43(8)62(89)42(7)61(88)39(4)18-16-19-40(5)67(92)78-60(64(56)91)59-58(55)79-72(80-59)29-33-81(34-30-72)71(96)99-36-46-22-24-47(25-23-46)75-68(93)48(20-17-31-74-70(73)95)76-69(94)57(38(2)3)77-51(85)21-14-13-15-32-82-52(86)26-27-53(82)87/h16,18-19,22-28,35,38-39,41-43,48,50,57,61-62,65,88-91H,12-15,17,20-21,29-34,36-37H2,1-11H3,(H,75,93)(H,76,94)(H,77,85)(H,78,92)(H3,73,74,95)/b18-16+,35-28+,40-19-/t39-,41+,42+,43+,48-,50-,57-,61-,62+,65+/m0/s1. The molecule has 3 aromatic carbocycles. The number of urea groups is 1. The van der Waals surface area contributed by atoms with Crippen LogP contribution in [0, 0.1) is 36.5 Å². The molecule has 9 amide bonds. The molecule has 5 heterocycles. The summed E-state index contributed by atoms with van der Waals surface area (Å²) < 4.78 is 29.4. The van der Waals surface area contributed by atoms with Gasteiger partial charge in [0.15, 0.2) is 17.2 Å². The summed E-state index contributed by atoms with van der Waals surface area (Å²) >= 11 is 0. The number of primary amides is 1. The van der Waals surface area contributed by atoms with Gasteiger partial charge in [0.25, 0.3) is 17.7 Å². The zero-order valence-corrected chi connectivity index (χ0v) is 59.1. The first-order valence-electron chi connectivity index (χ1n) is 34.1. The number of aliphatic hydroxyl groups excluding tert-OH is 2. The first kappa shape index (κ1) is 78.6. The van der Waals surface area contributed by atoms with Crippen molar-refractivity contribution in [3.05, 3.63) is 100.0 Å². The number of ether oxygens (including phenoxy) is 5. The predicted octanol–water partition coefficient (Wildman–Crippen LogP) is 5.57. The molecule has 0 unspecified atom stereocenters. The lowest BCUT2D eigenvalue weighted by molar-refractivity contribution is -0.160. The van der Waals surface area contributed by atoms with Gasteiger partial charge in [0.1, 0.15) is 47.3 Å². The van der Waals surface area contributed by atoms with Crippen molar-refractivity contribution in [3.8, 4) is 17.2 Å². The fourth-order valence-electron chi connectivity index (χ4n) is 12.8. The summed E-state index contributed by atoms with van der Waals surface area (Å²) in [6.07, 6.45) is 7.36. The van der Waals surface area contributed by atoms with E-state index >= 15 is 0 Å². The lowest BCUT2D eigenvalue weighted by Crippen LogP contribution is -2.54. The Hall–Kier alpha value is -9.74. The highest BCUT2D eigenvalue weighted by Gasteiger charge is 2.42. The van der Waals surface area contributed by atoms with Gasteiger partial charge in [-0.3, -0.25) is 53.2 Å². The van der Waals surface area contributed by atoms with Crippen molar-refractivity contribution >= 4 is 81.5 Å². The van der Waals surface area contributed by atoms with Crippen LogP contribution in [0.5, 0.6) is 17.2 Å². The monoisotopic (exact) mass is 1400 g/mol. The number of amides is 9. The van der Waals surface area contributed by atoms with Crippen molar-refractivity contribution in [2.24, 2.45) is 45.3 Å². The number of piperidine rings is 1. The molecule has 0 radical (unpaired) electrons. The van der Waals surface area contributed by atoms with Gasteiger partial charge in [-0.05, 0) is 69.2 Å². The highest BCUT2D eigenvalue weighted by Crippen LogP contribution is 2.46. The molecule has 29 heteroatoms. The molecule has 101 heavy (non-hydrogen) atoms. The van der Waals surface area contributed by atoms with Crippen LogP contribution in [0.15, 0.2) is 82.5 Å². The van der Waals surface area contributed by atoms with E-state index in [2.05, 4.69) is 26.6 Å². The Morgan fingerprint density at radius 1 is 0.832 bits per heavy atom. The second-order valence-electron chi connectivity index (χ2n) is 26.5. The zero-order chi connectivity index (χ0) is 74.2. The van der Waals surface area contributed by atoms with E-state index in [1.54, 1.807) is 91.0 Å². The van der Waals surface area contributed by atoms with Crippen molar-refractivity contribution in [3.63, 3.8) is 0 Å². The number of carbonyl (C=O) groups excluding carboxylic acids is 10. The number of benzene rings is 3. The van der Waals surface area contributed by atoms with E-state index in [-0.39, 0.29) is 139 Å². The smallest absolute Gasteiger partial charge is 0.410 e. The predicted molar refractivity (Wildman–Crippen MR) is 370 cm³/mol. The van der Waals surface area contributed by atoms with Crippen LogP contribution in [-0.2, 0) is 59.1 Å². The number of fused-ring (bicyclic) bond motifs is 16. The number of anilines is 2. The first-order chi connectivity index (χ1) is 47.9. The van der Waals surface area contributed by atoms with Crippen LogP contribution in [0.1, 0.15) is 142 Å². The van der Waals surface area contributed by atoms with Gasteiger partial charge in [-0.1, -0.05) is 85.2 Å². The average Bonchev–Trinajstić information content (AvgIpc) is 1.67. The Morgan fingerprint density at radius 3 is 2.14 bits per heavy atom. The molecule has 1 fully saturated rings. The number of nitrogens with one attached hydrogen (secondary N) is 5. The molecule has 3 aromatic rings. The molecule has 0 aromatic heterocycles. The van der Waals surface area contributed by atoms with Gasteiger partial charge in [0.2, 0.25) is 24.5 Å². The number of ketones is 1. The Balaban J connectivity index is 1.08. The van der Waals surface area contributed by atoms with Crippen LogP contribution < -0.4 is 47.8 Å². The number of carbonyl (C=O) groups is 10. The van der Waals surface area contributed by atoms with Gasteiger partial charge in [0, 0.05) is 124 Å². The molecule has 5 aliphatic rings. The van der Waals surface area contributed by atoms with Gasteiger partial charge in [-0.15, -0.1) is 0 Å². The van der Waals surface area contributed by atoms with Gasteiger partial charge < -0.3 is 81.3 Å². The van der Waals surface area contributed by atoms with E-state index in [1.807, 2.05) is 0 Å². The van der Waals surface area contributed by atoms with Gasteiger partial charge in [-0.2, -0.15) is 0 Å². The maximum Gasteiger partial charge on any atom is 0.410 e. The van der Waals surface area contributed by atoms with E-state index in [0.717, 1.165) is 4.90 Å². The summed E-state index contributed by atoms with van der Waals surface area (Å²) in [4.78, 5) is 144. The summed E-state index contributed by atoms with van der Waals surface area (Å²) in [5.74, 6) is -8.33. The number of Topliss-reactive ketones (excluding diaryl/α,β-unsaturated/α-hetero) is 1. The van der Waals surface area contributed by atoms with Gasteiger partial charge >= 0.3 is 18.1 Å². The maximum atomic E-state index is 14.4. The van der Waals surface area contributed by atoms with Crippen LogP contribution in [0.4, 0.5) is 21.0 Å². The molecular formula is C72H96N10O19. The third-order valence-corrected chi connectivity index (χ3v) is 18.8. The number of hydrogen-bond donors (Lipinski definition) is 10. The minimum absolute atomic E-state index is 0.0106. The third kappa shape index (κ3) is 19.6.